The second kappa shape index (κ2) is 11.4. The zero-order valence-corrected chi connectivity index (χ0v) is 17.5. The maximum Gasteiger partial charge on any atom is 0.193 e. The Morgan fingerprint density at radius 3 is 2.65 bits per heavy atom. The van der Waals surface area contributed by atoms with Gasteiger partial charge in [-0.2, -0.15) is 0 Å². The van der Waals surface area contributed by atoms with Gasteiger partial charge in [-0.25, -0.2) is 0 Å². The minimum Gasteiger partial charge on any atom is -0.496 e. The Morgan fingerprint density at radius 2 is 2.04 bits per heavy atom. The van der Waals surface area contributed by atoms with Crippen LogP contribution in [0.5, 0.6) is 5.75 Å². The number of nitrogens with one attached hydrogen (secondary N) is 1. The lowest BCUT2D eigenvalue weighted by Gasteiger charge is -2.34. The van der Waals surface area contributed by atoms with E-state index in [2.05, 4.69) is 43.3 Å². The summed E-state index contributed by atoms with van der Waals surface area (Å²) in [6, 6.07) is 6.10. The molecular formula is C19H30BrN3O3. The van der Waals surface area contributed by atoms with Crippen LogP contribution in [-0.4, -0.2) is 64.5 Å². The fourth-order valence-electron chi connectivity index (χ4n) is 3.02. The van der Waals surface area contributed by atoms with Crippen LogP contribution in [0.3, 0.4) is 0 Å². The van der Waals surface area contributed by atoms with Crippen molar-refractivity contribution in [2.45, 2.75) is 31.9 Å². The van der Waals surface area contributed by atoms with Crippen molar-refractivity contribution in [2.24, 2.45) is 4.99 Å². The number of hydrogen-bond donors (Lipinski definition) is 1. The number of ether oxygens (including phenoxy) is 3. The lowest BCUT2D eigenvalue weighted by Crippen LogP contribution is -2.46. The van der Waals surface area contributed by atoms with Crippen molar-refractivity contribution in [2.75, 3.05) is 47.6 Å². The molecule has 1 aromatic carbocycles. The molecule has 26 heavy (non-hydrogen) atoms. The SMILES string of the molecule is CN=C(NCc1ccc(OC)c(Br)c1)N1CCC(OCCCOC)CC1. The molecule has 1 N–H and O–H groups in total. The molecule has 0 amide bonds. The van der Waals surface area contributed by atoms with E-state index in [-0.39, 0.29) is 0 Å². The molecular weight excluding hydrogens is 398 g/mol. The number of methoxy groups -OCH3 is 2. The Balaban J connectivity index is 1.76. The van der Waals surface area contributed by atoms with Crippen LogP contribution in [0.4, 0.5) is 0 Å². The molecule has 0 atom stereocenters. The number of benzene rings is 1. The number of piperidine rings is 1. The van der Waals surface area contributed by atoms with E-state index in [1.165, 1.54) is 5.56 Å². The summed E-state index contributed by atoms with van der Waals surface area (Å²) in [7, 11) is 5.23. The second-order valence-electron chi connectivity index (χ2n) is 6.27. The van der Waals surface area contributed by atoms with Gasteiger partial charge in [-0.1, -0.05) is 6.07 Å². The summed E-state index contributed by atoms with van der Waals surface area (Å²) in [5.41, 5.74) is 1.18. The topological polar surface area (TPSA) is 55.3 Å². The van der Waals surface area contributed by atoms with Crippen LogP contribution >= 0.6 is 15.9 Å². The summed E-state index contributed by atoms with van der Waals surface area (Å²) in [5, 5.41) is 3.45. The normalized spacial score (nSPS) is 16.0. The number of likely N-dealkylation sites (tertiary alicyclic amines) is 1. The van der Waals surface area contributed by atoms with Gasteiger partial charge in [0.15, 0.2) is 5.96 Å². The number of hydrogen-bond acceptors (Lipinski definition) is 4. The van der Waals surface area contributed by atoms with Crippen molar-refractivity contribution in [3.63, 3.8) is 0 Å². The number of rotatable bonds is 8. The first kappa shape index (κ1) is 21.0. The van der Waals surface area contributed by atoms with Gasteiger partial charge >= 0.3 is 0 Å². The van der Waals surface area contributed by atoms with Crippen LogP contribution in [0.15, 0.2) is 27.7 Å². The molecule has 6 nitrogen and oxygen atoms in total. The molecule has 0 unspecified atom stereocenters. The first-order valence-corrected chi connectivity index (χ1v) is 9.85. The number of halogens is 1. The average molecular weight is 428 g/mol. The maximum absolute atomic E-state index is 5.93. The Kier molecular flexibility index (Phi) is 9.22. The molecule has 0 radical (unpaired) electrons. The second-order valence-corrected chi connectivity index (χ2v) is 7.13. The highest BCUT2D eigenvalue weighted by Gasteiger charge is 2.21. The van der Waals surface area contributed by atoms with Crippen molar-refractivity contribution in [3.8, 4) is 5.75 Å². The summed E-state index contributed by atoms with van der Waals surface area (Å²) < 4.78 is 17.2. The van der Waals surface area contributed by atoms with Gasteiger partial charge in [0.05, 0.1) is 17.7 Å². The van der Waals surface area contributed by atoms with Crippen molar-refractivity contribution < 1.29 is 14.2 Å². The molecule has 0 aromatic heterocycles. The van der Waals surface area contributed by atoms with Gasteiger partial charge in [0.2, 0.25) is 0 Å². The van der Waals surface area contributed by atoms with Gasteiger partial charge in [0.1, 0.15) is 5.75 Å². The molecule has 1 heterocycles. The molecule has 1 saturated heterocycles. The van der Waals surface area contributed by atoms with Crippen molar-refractivity contribution in [3.05, 3.63) is 28.2 Å². The van der Waals surface area contributed by atoms with Gasteiger partial charge in [-0.15, -0.1) is 0 Å². The van der Waals surface area contributed by atoms with Crippen LogP contribution < -0.4 is 10.1 Å². The van der Waals surface area contributed by atoms with E-state index in [1.54, 1.807) is 14.2 Å². The van der Waals surface area contributed by atoms with Crippen molar-refractivity contribution in [1.82, 2.24) is 10.2 Å². The van der Waals surface area contributed by atoms with Gasteiger partial charge in [0, 0.05) is 47.0 Å². The van der Waals surface area contributed by atoms with E-state index in [0.29, 0.717) is 6.10 Å². The van der Waals surface area contributed by atoms with Gasteiger partial charge in [-0.3, -0.25) is 4.99 Å². The molecule has 1 fully saturated rings. The summed E-state index contributed by atoms with van der Waals surface area (Å²) in [5.74, 6) is 1.78. The third-order valence-electron chi connectivity index (χ3n) is 4.47. The van der Waals surface area contributed by atoms with Crippen LogP contribution in [0.1, 0.15) is 24.8 Å². The summed E-state index contributed by atoms with van der Waals surface area (Å²) in [6.07, 6.45) is 3.36. The highest BCUT2D eigenvalue weighted by atomic mass is 79.9. The molecule has 1 aliphatic rings. The quantitative estimate of drug-likeness (QED) is 0.392. The standard InChI is InChI=1S/C19H30BrN3O3/c1-21-19(22-14-15-5-6-18(25-3)17(20)13-15)23-9-7-16(8-10-23)26-12-4-11-24-2/h5-6,13,16H,4,7-12,14H2,1-3H3,(H,21,22). The Labute approximate surface area is 165 Å². The smallest absolute Gasteiger partial charge is 0.193 e. The van der Waals surface area contributed by atoms with Gasteiger partial charge in [0.25, 0.3) is 0 Å². The Bertz CT molecular complexity index is 575. The third-order valence-corrected chi connectivity index (χ3v) is 5.09. The van der Waals surface area contributed by atoms with Crippen molar-refractivity contribution in [1.29, 1.82) is 0 Å². The summed E-state index contributed by atoms with van der Waals surface area (Å²) in [6.45, 7) is 4.18. The van der Waals surface area contributed by atoms with Gasteiger partial charge in [-0.05, 0) is 52.9 Å². The minimum atomic E-state index is 0.346. The van der Waals surface area contributed by atoms with Crippen LogP contribution in [0, 0.1) is 0 Å². The predicted octanol–water partition coefficient (Wildman–Crippen LogP) is 3.05. The summed E-state index contributed by atoms with van der Waals surface area (Å²) in [4.78, 5) is 6.73. The molecule has 1 aliphatic heterocycles. The van der Waals surface area contributed by atoms with Crippen LogP contribution in [0.2, 0.25) is 0 Å². The minimum absolute atomic E-state index is 0.346. The highest BCUT2D eigenvalue weighted by Crippen LogP contribution is 2.25. The first-order chi connectivity index (χ1) is 12.7. The van der Waals surface area contributed by atoms with E-state index in [9.17, 15) is 0 Å². The maximum atomic E-state index is 5.93. The Morgan fingerprint density at radius 1 is 1.27 bits per heavy atom. The lowest BCUT2D eigenvalue weighted by atomic mass is 10.1. The lowest BCUT2D eigenvalue weighted by molar-refractivity contribution is 0.00989. The van der Waals surface area contributed by atoms with Gasteiger partial charge < -0.3 is 24.4 Å². The fraction of sp³-hybridized carbons (Fsp3) is 0.632. The third kappa shape index (κ3) is 6.45. The zero-order chi connectivity index (χ0) is 18.8. The molecule has 146 valence electrons. The van der Waals surface area contributed by atoms with E-state index >= 15 is 0 Å². The first-order valence-electron chi connectivity index (χ1n) is 9.06. The average Bonchev–Trinajstić information content (AvgIpc) is 2.67. The highest BCUT2D eigenvalue weighted by molar-refractivity contribution is 9.10. The van der Waals surface area contributed by atoms with E-state index in [0.717, 1.165) is 68.3 Å². The van der Waals surface area contributed by atoms with E-state index in [4.69, 9.17) is 14.2 Å². The monoisotopic (exact) mass is 427 g/mol. The van der Waals surface area contributed by atoms with Crippen molar-refractivity contribution >= 4 is 21.9 Å². The largest absolute Gasteiger partial charge is 0.496 e. The predicted molar refractivity (Wildman–Crippen MR) is 108 cm³/mol. The molecule has 0 bridgehead atoms. The number of aliphatic imine (C=N–C) groups is 1. The molecule has 7 heteroatoms. The van der Waals surface area contributed by atoms with E-state index in [1.807, 2.05) is 13.1 Å². The zero-order valence-electron chi connectivity index (χ0n) is 16.0. The fourth-order valence-corrected chi connectivity index (χ4v) is 3.61. The Hall–Kier alpha value is -1.31. The summed E-state index contributed by atoms with van der Waals surface area (Å²) >= 11 is 3.53. The van der Waals surface area contributed by atoms with E-state index < -0.39 is 0 Å². The molecule has 0 spiro atoms. The van der Waals surface area contributed by atoms with Crippen LogP contribution in [0.25, 0.3) is 0 Å². The number of guanidine groups is 1. The molecule has 0 aliphatic carbocycles. The number of nitrogens with zero attached hydrogens (tertiary/aromatic N) is 2. The van der Waals surface area contributed by atoms with Crippen LogP contribution in [-0.2, 0) is 16.0 Å². The molecule has 1 aromatic rings. The molecule has 2 rings (SSSR count). The molecule has 0 saturated carbocycles.